The van der Waals surface area contributed by atoms with Gasteiger partial charge >= 0.3 is 18.5 Å². The van der Waals surface area contributed by atoms with Gasteiger partial charge in [0, 0.05) is 12.2 Å². The lowest BCUT2D eigenvalue weighted by Gasteiger charge is -2.32. The molecule has 0 aromatic heterocycles. The van der Waals surface area contributed by atoms with Crippen molar-refractivity contribution in [1.82, 2.24) is 5.32 Å². The van der Waals surface area contributed by atoms with E-state index in [1.165, 1.54) is 0 Å². The van der Waals surface area contributed by atoms with E-state index in [1.807, 2.05) is 0 Å². The van der Waals surface area contributed by atoms with Gasteiger partial charge in [-0.15, -0.1) is 0 Å². The number of carbonyl (C=O) groups excluding carboxylic acids is 1. The van der Waals surface area contributed by atoms with E-state index in [0.29, 0.717) is 18.2 Å². The van der Waals surface area contributed by atoms with E-state index in [0.717, 1.165) is 12.1 Å². The maximum absolute atomic E-state index is 13.8. The monoisotopic (exact) mass is 590 g/mol. The number of anilines is 1. The second kappa shape index (κ2) is 10.7. The first kappa shape index (κ1) is 30.1. The zero-order chi connectivity index (χ0) is 27.7. The molecule has 0 saturated heterocycles. The number of rotatable bonds is 7. The number of carbonyl (C=O) groups is 1. The first-order valence-electron chi connectivity index (χ1n) is 9.46. The third kappa shape index (κ3) is 7.46. The molecule has 2 rings (SSSR count). The Kier molecular flexibility index (Phi) is 8.97. The minimum Gasteiger partial charge on any atom is -0.381 e. The molecule has 0 aliphatic rings. The summed E-state index contributed by atoms with van der Waals surface area (Å²) in [5, 5.41) is 13.1. The number of hydrogen-bond donors (Lipinski definition) is 3. The van der Waals surface area contributed by atoms with E-state index in [9.17, 15) is 49.4 Å². The van der Waals surface area contributed by atoms with Crippen molar-refractivity contribution in [3.8, 4) is 0 Å². The Hall–Kier alpha value is -2.09. The average Bonchev–Trinajstić information content (AvgIpc) is 2.71. The summed E-state index contributed by atoms with van der Waals surface area (Å²) >= 11 is 17.2. The number of alkyl halides is 9. The minimum absolute atomic E-state index is 0.285. The lowest BCUT2D eigenvalue weighted by atomic mass is 9.92. The summed E-state index contributed by atoms with van der Waals surface area (Å²) in [6.45, 7) is -2.32. The summed E-state index contributed by atoms with van der Waals surface area (Å²) in [6, 6.07) is 3.41. The van der Waals surface area contributed by atoms with Crippen molar-refractivity contribution in [1.29, 1.82) is 0 Å². The highest BCUT2D eigenvalue weighted by Gasteiger charge is 2.55. The Morgan fingerprint density at radius 1 is 0.889 bits per heavy atom. The third-order valence-electron chi connectivity index (χ3n) is 4.73. The topological polar surface area (TPSA) is 61.4 Å². The molecule has 2 aromatic carbocycles. The molecule has 1 amide bonds. The highest BCUT2D eigenvalue weighted by Crippen LogP contribution is 2.43. The van der Waals surface area contributed by atoms with E-state index in [4.69, 9.17) is 34.8 Å². The zero-order valence-electron chi connectivity index (χ0n) is 17.4. The number of halogens is 12. The van der Waals surface area contributed by atoms with Gasteiger partial charge in [-0.2, -0.15) is 39.5 Å². The summed E-state index contributed by atoms with van der Waals surface area (Å²) in [5.41, 5.74) is -7.13. The van der Waals surface area contributed by atoms with Gasteiger partial charge in [-0.1, -0.05) is 40.9 Å². The smallest absolute Gasteiger partial charge is 0.381 e. The van der Waals surface area contributed by atoms with Crippen LogP contribution in [0.15, 0.2) is 30.3 Å². The van der Waals surface area contributed by atoms with Gasteiger partial charge in [-0.05, 0) is 35.4 Å². The summed E-state index contributed by atoms with van der Waals surface area (Å²) in [4.78, 5) is 11.3. The number of hydrogen-bond acceptors (Lipinski definition) is 3. The fraction of sp³-hybridized carbons (Fsp3) is 0.350. The second-order valence-corrected chi connectivity index (χ2v) is 8.60. The van der Waals surface area contributed by atoms with Gasteiger partial charge in [-0.3, -0.25) is 4.79 Å². The van der Waals surface area contributed by atoms with Gasteiger partial charge in [0.15, 0.2) is 0 Å². The average molecular weight is 592 g/mol. The minimum atomic E-state index is -5.35. The highest BCUT2D eigenvalue weighted by molar-refractivity contribution is 6.48. The van der Waals surface area contributed by atoms with Gasteiger partial charge in [0.25, 0.3) is 0 Å². The number of benzene rings is 2. The first-order chi connectivity index (χ1) is 16.2. The van der Waals surface area contributed by atoms with Crippen molar-refractivity contribution in [3.05, 3.63) is 62.1 Å². The molecule has 0 heterocycles. The molecule has 3 N–H and O–H groups in total. The number of amides is 1. The van der Waals surface area contributed by atoms with Crippen molar-refractivity contribution in [3.63, 3.8) is 0 Å². The Bertz CT molecular complexity index is 1100. The molecule has 4 nitrogen and oxygen atoms in total. The SMILES string of the molecule is O=C(CC(F)(F)F)NCc1ccc(NC[C@](O)(c2cc(Cl)c(Cl)c(Cl)c2)C(F)(F)F)cc1C(F)(F)F. The van der Waals surface area contributed by atoms with Crippen LogP contribution in [0.25, 0.3) is 0 Å². The standard InChI is InChI=1S/C20H14Cl3F9N2O2/c21-13-3-10(4-14(22)16(13)23)17(36,20(30,31)32)8-34-11-2-1-9(12(5-11)19(27,28)29)7-33-15(35)6-18(24,25)26/h1-5,34,36H,6-8H2,(H,33,35)/t17-/m0/s1. The van der Waals surface area contributed by atoms with E-state index < -0.39 is 82.0 Å². The highest BCUT2D eigenvalue weighted by atomic mass is 35.5. The van der Waals surface area contributed by atoms with Gasteiger partial charge in [-0.25, -0.2) is 0 Å². The van der Waals surface area contributed by atoms with Crippen molar-refractivity contribution in [2.45, 2.75) is 37.1 Å². The molecule has 200 valence electrons. The molecule has 2 aromatic rings. The maximum Gasteiger partial charge on any atom is 0.423 e. The van der Waals surface area contributed by atoms with Crippen LogP contribution in [-0.4, -0.2) is 29.9 Å². The van der Waals surface area contributed by atoms with E-state index >= 15 is 0 Å². The fourth-order valence-corrected chi connectivity index (χ4v) is 3.53. The van der Waals surface area contributed by atoms with Gasteiger partial charge in [0.2, 0.25) is 11.5 Å². The molecule has 0 unspecified atom stereocenters. The fourth-order valence-electron chi connectivity index (χ4n) is 2.93. The van der Waals surface area contributed by atoms with Crippen LogP contribution in [0.5, 0.6) is 0 Å². The molecule has 0 fully saturated rings. The Labute approximate surface area is 212 Å². The van der Waals surface area contributed by atoms with Crippen molar-refractivity contribution in [2.75, 3.05) is 11.9 Å². The molecular formula is C20H14Cl3F9N2O2. The molecule has 0 radical (unpaired) electrons. The van der Waals surface area contributed by atoms with Crippen LogP contribution in [0.4, 0.5) is 45.2 Å². The summed E-state index contributed by atoms with van der Waals surface area (Å²) in [6.07, 6.45) is -17.2. The van der Waals surface area contributed by atoms with Crippen molar-refractivity contribution in [2.24, 2.45) is 0 Å². The van der Waals surface area contributed by atoms with E-state index in [2.05, 4.69) is 5.32 Å². The van der Waals surface area contributed by atoms with Crippen LogP contribution in [0.3, 0.4) is 0 Å². The summed E-state index contributed by atoms with van der Waals surface area (Å²) < 4.78 is 118. The third-order valence-corrected chi connectivity index (χ3v) is 5.93. The van der Waals surface area contributed by atoms with Crippen LogP contribution in [-0.2, 0) is 23.1 Å². The second-order valence-electron chi connectivity index (χ2n) is 7.40. The largest absolute Gasteiger partial charge is 0.423 e. The molecule has 0 saturated carbocycles. The predicted octanol–water partition coefficient (Wildman–Crippen LogP) is 7.10. The lowest BCUT2D eigenvalue weighted by Crippen LogP contribution is -2.47. The molecule has 0 aliphatic heterocycles. The molecule has 0 aliphatic carbocycles. The number of aliphatic hydroxyl groups is 1. The van der Waals surface area contributed by atoms with Crippen molar-refractivity contribution < 1.29 is 49.4 Å². The first-order valence-corrected chi connectivity index (χ1v) is 10.6. The lowest BCUT2D eigenvalue weighted by molar-refractivity contribution is -0.260. The maximum atomic E-state index is 13.8. The molecule has 1 atom stereocenters. The number of nitrogens with one attached hydrogen (secondary N) is 2. The Morgan fingerprint density at radius 3 is 1.92 bits per heavy atom. The van der Waals surface area contributed by atoms with Gasteiger partial charge in [0.05, 0.1) is 27.2 Å². The van der Waals surface area contributed by atoms with Gasteiger partial charge in [0.1, 0.15) is 6.42 Å². The van der Waals surface area contributed by atoms with Crippen LogP contribution >= 0.6 is 34.8 Å². The quantitative estimate of drug-likeness (QED) is 0.238. The van der Waals surface area contributed by atoms with Crippen LogP contribution in [0.1, 0.15) is 23.1 Å². The van der Waals surface area contributed by atoms with E-state index in [1.54, 1.807) is 5.32 Å². The van der Waals surface area contributed by atoms with Crippen LogP contribution in [0, 0.1) is 0 Å². The molecule has 16 heteroatoms. The Balaban J connectivity index is 2.34. The summed E-state index contributed by atoms with van der Waals surface area (Å²) in [7, 11) is 0. The van der Waals surface area contributed by atoms with Crippen molar-refractivity contribution >= 4 is 46.4 Å². The molecular weight excluding hydrogens is 578 g/mol. The molecule has 36 heavy (non-hydrogen) atoms. The normalized spacial score (nSPS) is 14.4. The van der Waals surface area contributed by atoms with Crippen LogP contribution < -0.4 is 10.6 Å². The zero-order valence-corrected chi connectivity index (χ0v) is 19.7. The van der Waals surface area contributed by atoms with E-state index in [-0.39, 0.29) is 5.02 Å². The molecule has 0 spiro atoms. The predicted molar refractivity (Wildman–Crippen MR) is 114 cm³/mol. The summed E-state index contributed by atoms with van der Waals surface area (Å²) in [5.74, 6) is -1.58. The Morgan fingerprint density at radius 2 is 1.44 bits per heavy atom. The van der Waals surface area contributed by atoms with Gasteiger partial charge < -0.3 is 15.7 Å². The molecule has 0 bridgehead atoms. The van der Waals surface area contributed by atoms with Crippen LogP contribution in [0.2, 0.25) is 15.1 Å².